The second-order valence-corrected chi connectivity index (χ2v) is 5.50. The second kappa shape index (κ2) is 7.25. The minimum atomic E-state index is 0.141. The molecule has 0 saturated carbocycles. The van der Waals surface area contributed by atoms with Crippen LogP contribution in [0, 0.1) is 5.92 Å². The molecule has 21 heavy (non-hydrogen) atoms. The molecule has 1 aromatic carbocycles. The lowest BCUT2D eigenvalue weighted by atomic mass is 9.91. The summed E-state index contributed by atoms with van der Waals surface area (Å²) in [6.45, 7) is 3.31. The molecule has 0 bridgehead atoms. The number of ether oxygens (including phenoxy) is 1. The van der Waals surface area contributed by atoms with Gasteiger partial charge >= 0.3 is 0 Å². The molecule has 1 heterocycles. The second-order valence-electron chi connectivity index (χ2n) is 5.50. The lowest BCUT2D eigenvalue weighted by Gasteiger charge is -2.31. The number of likely N-dealkylation sites (tertiary alicyclic amines) is 1. The number of nitrogens with zero attached hydrogens (tertiary/aromatic N) is 1. The lowest BCUT2D eigenvalue weighted by molar-refractivity contribution is -0.134. The summed E-state index contributed by atoms with van der Waals surface area (Å²) >= 11 is 0. The quantitative estimate of drug-likeness (QED) is 0.836. The predicted molar refractivity (Wildman–Crippen MR) is 81.3 cm³/mol. The van der Waals surface area contributed by atoms with Crippen molar-refractivity contribution in [1.29, 1.82) is 0 Å². The molecule has 114 valence electrons. The lowest BCUT2D eigenvalue weighted by Crippen LogP contribution is -2.40. The maximum Gasteiger partial charge on any atom is 0.226 e. The van der Waals surface area contributed by atoms with Crippen molar-refractivity contribution in [3.8, 4) is 5.75 Å². The Morgan fingerprint density at radius 3 is 2.33 bits per heavy atom. The number of carbonyl (C=O) groups is 2. The van der Waals surface area contributed by atoms with Gasteiger partial charge in [-0.25, -0.2) is 0 Å². The normalized spacial score (nSPS) is 15.8. The molecule has 4 heteroatoms. The molecule has 0 aromatic heterocycles. The summed E-state index contributed by atoms with van der Waals surface area (Å²) in [5.41, 5.74) is 0.993. The van der Waals surface area contributed by atoms with Crippen molar-refractivity contribution in [2.45, 2.75) is 32.6 Å². The highest BCUT2D eigenvalue weighted by Gasteiger charge is 2.26. The van der Waals surface area contributed by atoms with Gasteiger partial charge in [-0.2, -0.15) is 0 Å². The highest BCUT2D eigenvalue weighted by Crippen LogP contribution is 2.20. The molecule has 0 radical (unpaired) electrons. The SMILES string of the molecule is CCC(=O)C1CCN(C(=O)Cc2ccc(OC)cc2)CC1. The summed E-state index contributed by atoms with van der Waals surface area (Å²) in [6.07, 6.45) is 2.63. The molecule has 1 aliphatic rings. The minimum absolute atomic E-state index is 0.141. The average molecular weight is 289 g/mol. The summed E-state index contributed by atoms with van der Waals surface area (Å²) in [7, 11) is 1.63. The highest BCUT2D eigenvalue weighted by molar-refractivity contribution is 5.82. The first-order valence-electron chi connectivity index (χ1n) is 7.57. The topological polar surface area (TPSA) is 46.6 Å². The number of methoxy groups -OCH3 is 1. The van der Waals surface area contributed by atoms with Crippen molar-refractivity contribution in [2.75, 3.05) is 20.2 Å². The summed E-state index contributed by atoms with van der Waals surface area (Å²) < 4.78 is 5.11. The maximum absolute atomic E-state index is 12.3. The van der Waals surface area contributed by atoms with Crippen LogP contribution in [0.25, 0.3) is 0 Å². The number of ketones is 1. The van der Waals surface area contributed by atoms with Gasteiger partial charge in [0.2, 0.25) is 5.91 Å². The number of amides is 1. The Kier molecular flexibility index (Phi) is 5.37. The Bertz CT molecular complexity index is 487. The first-order chi connectivity index (χ1) is 10.1. The van der Waals surface area contributed by atoms with Crippen LogP contribution in [0.2, 0.25) is 0 Å². The van der Waals surface area contributed by atoms with Gasteiger partial charge in [-0.3, -0.25) is 9.59 Å². The van der Waals surface area contributed by atoms with Gasteiger partial charge in [0.05, 0.1) is 13.5 Å². The summed E-state index contributed by atoms with van der Waals surface area (Å²) in [6, 6.07) is 7.58. The van der Waals surface area contributed by atoms with Crippen molar-refractivity contribution >= 4 is 11.7 Å². The fourth-order valence-electron chi connectivity index (χ4n) is 2.77. The molecule has 4 nitrogen and oxygen atoms in total. The molecule has 0 unspecified atom stereocenters. The van der Waals surface area contributed by atoms with Gasteiger partial charge in [0, 0.05) is 25.4 Å². The van der Waals surface area contributed by atoms with Crippen molar-refractivity contribution in [1.82, 2.24) is 4.90 Å². The molecular formula is C17H23NO3. The fourth-order valence-corrected chi connectivity index (χ4v) is 2.77. The van der Waals surface area contributed by atoms with E-state index in [1.165, 1.54) is 0 Å². The van der Waals surface area contributed by atoms with E-state index in [-0.39, 0.29) is 11.8 Å². The summed E-state index contributed by atoms with van der Waals surface area (Å²) in [5, 5.41) is 0. The first-order valence-corrected chi connectivity index (χ1v) is 7.57. The van der Waals surface area contributed by atoms with Crippen molar-refractivity contribution in [3.63, 3.8) is 0 Å². The van der Waals surface area contributed by atoms with E-state index >= 15 is 0 Å². The minimum Gasteiger partial charge on any atom is -0.497 e. The molecule has 1 aliphatic heterocycles. The molecular weight excluding hydrogens is 266 g/mol. The maximum atomic E-state index is 12.3. The van der Waals surface area contributed by atoms with Crippen LogP contribution in [0.5, 0.6) is 5.75 Å². The third kappa shape index (κ3) is 4.06. The Balaban J connectivity index is 1.85. The Morgan fingerprint density at radius 1 is 1.19 bits per heavy atom. The number of hydrogen-bond acceptors (Lipinski definition) is 3. The van der Waals surface area contributed by atoms with Crippen LogP contribution in [0.3, 0.4) is 0 Å². The van der Waals surface area contributed by atoms with E-state index < -0.39 is 0 Å². The molecule has 0 spiro atoms. The van der Waals surface area contributed by atoms with Crippen molar-refractivity contribution in [3.05, 3.63) is 29.8 Å². The van der Waals surface area contributed by atoms with Gasteiger partial charge in [0.1, 0.15) is 11.5 Å². The molecule has 0 atom stereocenters. The Morgan fingerprint density at radius 2 is 1.81 bits per heavy atom. The van der Waals surface area contributed by atoms with Gasteiger partial charge in [0.15, 0.2) is 0 Å². The predicted octanol–water partition coefficient (Wildman–Crippen LogP) is 2.46. The standard InChI is InChI=1S/C17H23NO3/c1-3-16(19)14-8-10-18(11-9-14)17(20)12-13-4-6-15(21-2)7-5-13/h4-7,14H,3,8-12H2,1-2H3. The van der Waals surface area contributed by atoms with Crippen LogP contribution in [-0.4, -0.2) is 36.8 Å². The average Bonchev–Trinajstić information content (AvgIpc) is 2.55. The van der Waals surface area contributed by atoms with Gasteiger partial charge in [-0.1, -0.05) is 19.1 Å². The molecule has 1 amide bonds. The zero-order chi connectivity index (χ0) is 15.2. The van der Waals surface area contributed by atoms with E-state index in [2.05, 4.69) is 0 Å². The van der Waals surface area contributed by atoms with Crippen LogP contribution < -0.4 is 4.74 Å². The van der Waals surface area contributed by atoms with E-state index in [0.29, 0.717) is 31.7 Å². The number of piperidine rings is 1. The van der Waals surface area contributed by atoms with Gasteiger partial charge in [-0.05, 0) is 30.5 Å². The number of rotatable bonds is 5. The van der Waals surface area contributed by atoms with Gasteiger partial charge < -0.3 is 9.64 Å². The molecule has 1 saturated heterocycles. The van der Waals surface area contributed by atoms with Crippen LogP contribution in [-0.2, 0) is 16.0 Å². The highest BCUT2D eigenvalue weighted by atomic mass is 16.5. The monoisotopic (exact) mass is 289 g/mol. The third-order valence-electron chi connectivity index (χ3n) is 4.17. The fraction of sp³-hybridized carbons (Fsp3) is 0.529. The number of carbonyl (C=O) groups excluding carboxylic acids is 2. The summed E-state index contributed by atoms with van der Waals surface area (Å²) in [5.74, 6) is 1.42. The number of benzene rings is 1. The van der Waals surface area contributed by atoms with Gasteiger partial charge in [0.25, 0.3) is 0 Å². The van der Waals surface area contributed by atoms with E-state index in [1.54, 1.807) is 7.11 Å². The zero-order valence-electron chi connectivity index (χ0n) is 12.8. The van der Waals surface area contributed by atoms with Crippen LogP contribution in [0.15, 0.2) is 24.3 Å². The smallest absolute Gasteiger partial charge is 0.226 e. The number of hydrogen-bond donors (Lipinski definition) is 0. The Hall–Kier alpha value is -1.84. The van der Waals surface area contributed by atoms with Crippen LogP contribution in [0.1, 0.15) is 31.7 Å². The van der Waals surface area contributed by atoms with Gasteiger partial charge in [-0.15, -0.1) is 0 Å². The molecule has 1 aromatic rings. The van der Waals surface area contributed by atoms with Crippen molar-refractivity contribution < 1.29 is 14.3 Å². The van der Waals surface area contributed by atoms with E-state index in [9.17, 15) is 9.59 Å². The van der Waals surface area contributed by atoms with E-state index in [4.69, 9.17) is 4.74 Å². The molecule has 2 rings (SSSR count). The number of Topliss-reactive ketones (excluding diaryl/α,β-unsaturated/α-hetero) is 1. The molecule has 1 fully saturated rings. The Labute approximate surface area is 126 Å². The van der Waals surface area contributed by atoms with Crippen LogP contribution in [0.4, 0.5) is 0 Å². The van der Waals surface area contributed by atoms with E-state index in [0.717, 1.165) is 24.2 Å². The summed E-state index contributed by atoms with van der Waals surface area (Å²) in [4.78, 5) is 25.8. The molecule has 0 N–H and O–H groups in total. The largest absolute Gasteiger partial charge is 0.497 e. The van der Waals surface area contributed by atoms with Crippen molar-refractivity contribution in [2.24, 2.45) is 5.92 Å². The zero-order valence-corrected chi connectivity index (χ0v) is 12.8. The third-order valence-corrected chi connectivity index (χ3v) is 4.17. The van der Waals surface area contributed by atoms with Crippen LogP contribution >= 0.6 is 0 Å². The van der Waals surface area contributed by atoms with E-state index in [1.807, 2.05) is 36.1 Å². The first kappa shape index (κ1) is 15.5. The molecule has 0 aliphatic carbocycles.